The smallest absolute Gasteiger partial charge is 0.273 e. The van der Waals surface area contributed by atoms with Crippen LogP contribution in [0.15, 0.2) is 52.6 Å². The van der Waals surface area contributed by atoms with E-state index in [1.807, 2.05) is 44.2 Å². The minimum atomic E-state index is -0.700. The average molecular weight is 660 g/mol. The minimum Gasteiger partial charge on any atom is -0.446 e. The molecule has 4 bridgehead atoms. The summed E-state index contributed by atoms with van der Waals surface area (Å²) < 4.78 is 5.70. The molecule has 15 heteroatoms. The van der Waals surface area contributed by atoms with Gasteiger partial charge in [0.25, 0.3) is 17.7 Å². The number of anilines is 1. The van der Waals surface area contributed by atoms with Crippen molar-refractivity contribution in [1.82, 2.24) is 40.8 Å². The van der Waals surface area contributed by atoms with Crippen LogP contribution in [0.3, 0.4) is 0 Å². The third kappa shape index (κ3) is 7.98. The van der Waals surface area contributed by atoms with Crippen molar-refractivity contribution in [2.75, 3.05) is 38.6 Å². The number of nitrogens with zero attached hydrogens (tertiary/aromatic N) is 6. The predicted molar refractivity (Wildman–Crippen MR) is 174 cm³/mol. The molecule has 4 amide bonds. The highest BCUT2D eigenvalue weighted by Gasteiger charge is 2.29. The molecule has 0 saturated heterocycles. The fourth-order valence-electron chi connectivity index (χ4n) is 4.97. The summed E-state index contributed by atoms with van der Waals surface area (Å²) in [6, 6.07) is 8.29. The van der Waals surface area contributed by atoms with E-state index in [1.165, 1.54) is 28.7 Å². The van der Waals surface area contributed by atoms with Crippen molar-refractivity contribution < 1.29 is 23.6 Å². The van der Waals surface area contributed by atoms with Gasteiger partial charge in [-0.2, -0.15) is 0 Å². The molecule has 1 aliphatic rings. The van der Waals surface area contributed by atoms with Crippen LogP contribution in [0.5, 0.6) is 0 Å². The normalized spacial score (nSPS) is 17.7. The molecule has 3 N–H and O–H groups in total. The zero-order chi connectivity index (χ0) is 33.7. The van der Waals surface area contributed by atoms with Crippen molar-refractivity contribution in [3.8, 4) is 0 Å². The lowest BCUT2D eigenvalue weighted by atomic mass is 10.0. The van der Waals surface area contributed by atoms with Gasteiger partial charge >= 0.3 is 0 Å². The molecule has 14 nitrogen and oxygen atoms in total. The Kier molecular flexibility index (Phi) is 10.2. The van der Waals surface area contributed by atoms with Crippen molar-refractivity contribution in [3.63, 3.8) is 0 Å². The number of carbonyl (C=O) groups is 4. The molecule has 1 aromatic carbocycles. The molecule has 246 valence electrons. The van der Waals surface area contributed by atoms with E-state index in [2.05, 4.69) is 35.9 Å². The van der Waals surface area contributed by atoms with Crippen LogP contribution < -0.4 is 20.9 Å². The molecule has 0 radical (unpaired) electrons. The van der Waals surface area contributed by atoms with Gasteiger partial charge in [-0.1, -0.05) is 44.2 Å². The summed E-state index contributed by atoms with van der Waals surface area (Å²) in [7, 11) is 3.59. The molecule has 47 heavy (non-hydrogen) atoms. The van der Waals surface area contributed by atoms with Crippen LogP contribution in [0.2, 0.25) is 0 Å². The number of amides is 4. The monoisotopic (exact) mass is 659 g/mol. The lowest BCUT2D eigenvalue weighted by Crippen LogP contribution is -2.46. The maximum atomic E-state index is 13.8. The van der Waals surface area contributed by atoms with Gasteiger partial charge in [0.15, 0.2) is 5.69 Å². The first-order valence-electron chi connectivity index (χ1n) is 15.1. The van der Waals surface area contributed by atoms with Crippen LogP contribution in [0.25, 0.3) is 0 Å². The Labute approximate surface area is 276 Å². The van der Waals surface area contributed by atoms with Crippen LogP contribution in [0.1, 0.15) is 79.4 Å². The Balaban J connectivity index is 1.47. The van der Waals surface area contributed by atoms with Crippen molar-refractivity contribution >= 4 is 40.9 Å². The van der Waals surface area contributed by atoms with E-state index >= 15 is 0 Å². The van der Waals surface area contributed by atoms with Gasteiger partial charge in [-0.25, -0.2) is 19.9 Å². The van der Waals surface area contributed by atoms with Crippen LogP contribution in [-0.4, -0.2) is 82.2 Å². The fourth-order valence-corrected chi connectivity index (χ4v) is 5.99. The van der Waals surface area contributed by atoms with Gasteiger partial charge in [0.05, 0.1) is 23.8 Å². The molecule has 4 heterocycles. The number of thiazole rings is 1. The summed E-state index contributed by atoms with van der Waals surface area (Å²) in [6.07, 6.45) is 3.01. The summed E-state index contributed by atoms with van der Waals surface area (Å²) in [5.74, 6) is -1.38. The largest absolute Gasteiger partial charge is 0.446 e. The second-order valence-corrected chi connectivity index (χ2v) is 12.6. The SMILES string of the molecule is Cc1nc(N(C)C)ncc1C(=O)N1CCNC(=O)c2coc(n2)[C@H](Cc2ccccc2)NC(=O)c2csc(n2)[C@H](C(C)C)NC(=O)C1. The van der Waals surface area contributed by atoms with Gasteiger partial charge in [-0.05, 0) is 18.4 Å². The van der Waals surface area contributed by atoms with Crippen molar-refractivity contribution in [2.24, 2.45) is 5.92 Å². The van der Waals surface area contributed by atoms with Crippen LogP contribution in [0.4, 0.5) is 5.95 Å². The van der Waals surface area contributed by atoms with Gasteiger partial charge in [-0.3, -0.25) is 19.2 Å². The Morgan fingerprint density at radius 2 is 1.83 bits per heavy atom. The van der Waals surface area contributed by atoms with E-state index in [9.17, 15) is 19.2 Å². The second kappa shape index (κ2) is 14.5. The number of rotatable bonds is 5. The molecule has 3 aromatic heterocycles. The number of nitrogens with one attached hydrogen (secondary N) is 3. The lowest BCUT2D eigenvalue weighted by molar-refractivity contribution is -0.122. The maximum absolute atomic E-state index is 13.8. The van der Waals surface area contributed by atoms with Crippen molar-refractivity contribution in [3.05, 3.63) is 87.3 Å². The standard InChI is InChI=1S/C32H37N9O5S/c1-18(2)26-30-38-24(17-47-30)28(44)36-22(13-20-9-7-6-8-10-20)29-37-23(16-46-29)27(43)33-11-12-41(15-25(42)39-26)31(45)21-14-34-32(40(4)5)35-19(21)3/h6-10,14,16-18,22,26H,11-13,15H2,1-5H3,(H,33,43)(H,36,44)(H,39,42)/t22-,26-/m0/s1. The van der Waals surface area contributed by atoms with Gasteiger partial charge in [0.1, 0.15) is 23.0 Å². The number of hydrogen-bond acceptors (Lipinski definition) is 11. The maximum Gasteiger partial charge on any atom is 0.273 e. The van der Waals surface area contributed by atoms with Gasteiger partial charge in [0.2, 0.25) is 17.7 Å². The highest BCUT2D eigenvalue weighted by Crippen LogP contribution is 2.26. The van der Waals surface area contributed by atoms with Crippen LogP contribution in [0, 0.1) is 12.8 Å². The molecule has 0 spiro atoms. The van der Waals surface area contributed by atoms with Gasteiger partial charge < -0.3 is 30.2 Å². The first-order chi connectivity index (χ1) is 22.5. The number of hydrogen-bond donors (Lipinski definition) is 3. The molecule has 4 aromatic rings. The number of aryl methyl sites for hydroxylation is 1. The predicted octanol–water partition coefficient (Wildman–Crippen LogP) is 2.71. The molecule has 0 saturated carbocycles. The highest BCUT2D eigenvalue weighted by atomic mass is 32.1. The van der Waals surface area contributed by atoms with Crippen LogP contribution >= 0.6 is 11.3 Å². The zero-order valence-corrected chi connectivity index (χ0v) is 27.6. The first kappa shape index (κ1) is 33.2. The van der Waals surface area contributed by atoms with E-state index in [1.54, 1.807) is 31.3 Å². The van der Waals surface area contributed by atoms with E-state index in [4.69, 9.17) is 4.42 Å². The first-order valence-corrected chi connectivity index (χ1v) is 16.0. The summed E-state index contributed by atoms with van der Waals surface area (Å²) in [5, 5.41) is 10.9. The number of fused-ring (bicyclic) bond motifs is 4. The molecule has 5 rings (SSSR count). The van der Waals surface area contributed by atoms with E-state index < -0.39 is 35.7 Å². The molecule has 1 aliphatic heterocycles. The van der Waals surface area contributed by atoms with E-state index in [0.29, 0.717) is 23.1 Å². The number of oxazole rings is 1. The lowest BCUT2D eigenvalue weighted by Gasteiger charge is -2.26. The molecule has 0 unspecified atom stereocenters. The van der Waals surface area contributed by atoms with E-state index in [-0.39, 0.29) is 48.4 Å². The Morgan fingerprint density at radius 3 is 2.53 bits per heavy atom. The molecule has 0 aliphatic carbocycles. The quantitative estimate of drug-likeness (QED) is 0.289. The number of benzene rings is 1. The Bertz CT molecular complexity index is 1750. The summed E-state index contributed by atoms with van der Waals surface area (Å²) in [6.45, 7) is 5.28. The topological polar surface area (TPSA) is 176 Å². The molecule has 2 atom stereocenters. The third-order valence-electron chi connectivity index (χ3n) is 7.53. The molecular formula is C32H37N9O5S. The second-order valence-electron chi connectivity index (χ2n) is 11.7. The van der Waals surface area contributed by atoms with Crippen molar-refractivity contribution in [2.45, 2.75) is 39.3 Å². The van der Waals surface area contributed by atoms with Crippen molar-refractivity contribution in [1.29, 1.82) is 0 Å². The summed E-state index contributed by atoms with van der Waals surface area (Å²) in [4.78, 5) is 74.4. The highest BCUT2D eigenvalue weighted by molar-refractivity contribution is 7.09. The van der Waals surface area contributed by atoms with Gasteiger partial charge in [-0.15, -0.1) is 11.3 Å². The Morgan fingerprint density at radius 1 is 1.06 bits per heavy atom. The molecule has 0 fully saturated rings. The van der Waals surface area contributed by atoms with Crippen LogP contribution in [-0.2, 0) is 11.2 Å². The average Bonchev–Trinajstić information content (AvgIpc) is 3.73. The molecular weight excluding hydrogens is 622 g/mol. The Hall–Kier alpha value is -5.18. The summed E-state index contributed by atoms with van der Waals surface area (Å²) >= 11 is 1.25. The van der Waals surface area contributed by atoms with E-state index in [0.717, 1.165) is 5.56 Å². The zero-order valence-electron chi connectivity index (χ0n) is 26.8. The summed E-state index contributed by atoms with van der Waals surface area (Å²) in [5.41, 5.74) is 1.78. The minimum absolute atomic E-state index is 0.00304. The number of aromatic nitrogens is 4. The third-order valence-corrected chi connectivity index (χ3v) is 8.46. The fraction of sp³-hybridized carbons (Fsp3) is 0.375. The van der Waals surface area contributed by atoms with Gasteiger partial charge in [0, 0.05) is 45.2 Å². The number of carbonyl (C=O) groups excluding carboxylic acids is 4.